The summed E-state index contributed by atoms with van der Waals surface area (Å²) in [6.07, 6.45) is 3.37. The van der Waals surface area contributed by atoms with Crippen LogP contribution in [0.3, 0.4) is 0 Å². The minimum absolute atomic E-state index is 0.0263. The summed E-state index contributed by atoms with van der Waals surface area (Å²) in [4.78, 5) is 12.5. The van der Waals surface area contributed by atoms with Crippen molar-refractivity contribution in [2.24, 2.45) is 0 Å². The van der Waals surface area contributed by atoms with Crippen LogP contribution in [-0.4, -0.2) is 19.1 Å². The average Bonchev–Trinajstić information content (AvgIpc) is 2.67. The standard InChI is InChI=1S/C21H17ClN2O3/c1-2-26-20-6-4-3-5-18(20)24-21(25)16(12-23)10-14-9-15-11-17(22)7-8-19(15)27-13-14/h3-11H,2,13H2,1H3,(H,24,25)/b16-10-. The SMILES string of the molecule is CCOc1ccccc1NC(=O)/C(C#N)=C\C1=Cc2cc(Cl)ccc2OC1. The highest BCUT2D eigenvalue weighted by atomic mass is 35.5. The van der Waals surface area contributed by atoms with Crippen LogP contribution in [0.1, 0.15) is 12.5 Å². The van der Waals surface area contributed by atoms with E-state index in [0.717, 1.165) is 5.56 Å². The van der Waals surface area contributed by atoms with Crippen LogP contribution in [0.15, 0.2) is 59.7 Å². The number of hydrogen-bond donors (Lipinski definition) is 1. The molecular weight excluding hydrogens is 364 g/mol. The third-order valence-electron chi connectivity index (χ3n) is 3.84. The van der Waals surface area contributed by atoms with Gasteiger partial charge in [0.05, 0.1) is 12.3 Å². The van der Waals surface area contributed by atoms with Gasteiger partial charge in [0.25, 0.3) is 5.91 Å². The molecule has 6 heteroatoms. The Morgan fingerprint density at radius 3 is 2.96 bits per heavy atom. The molecule has 1 N–H and O–H groups in total. The van der Waals surface area contributed by atoms with E-state index >= 15 is 0 Å². The summed E-state index contributed by atoms with van der Waals surface area (Å²) in [6, 6.07) is 14.3. The Labute approximate surface area is 162 Å². The Bertz CT molecular complexity index is 974. The number of ether oxygens (including phenoxy) is 2. The molecule has 2 aromatic rings. The summed E-state index contributed by atoms with van der Waals surface area (Å²) >= 11 is 6.01. The maximum absolute atomic E-state index is 12.5. The van der Waals surface area contributed by atoms with Crippen molar-refractivity contribution in [2.45, 2.75) is 6.92 Å². The van der Waals surface area contributed by atoms with Crippen molar-refractivity contribution in [3.63, 3.8) is 0 Å². The normalized spacial score (nSPS) is 12.9. The largest absolute Gasteiger partial charge is 0.492 e. The van der Waals surface area contributed by atoms with Crippen molar-refractivity contribution >= 4 is 29.3 Å². The highest BCUT2D eigenvalue weighted by molar-refractivity contribution is 6.30. The Balaban J connectivity index is 1.83. The van der Waals surface area contributed by atoms with Crippen LogP contribution < -0.4 is 14.8 Å². The molecule has 0 fully saturated rings. The van der Waals surface area contributed by atoms with Crippen LogP contribution in [0.4, 0.5) is 5.69 Å². The number of carbonyl (C=O) groups is 1. The molecule has 0 aliphatic carbocycles. The summed E-state index contributed by atoms with van der Waals surface area (Å²) in [5.41, 5.74) is 1.99. The number of hydrogen-bond acceptors (Lipinski definition) is 4. The highest BCUT2D eigenvalue weighted by Crippen LogP contribution is 2.30. The van der Waals surface area contributed by atoms with Crippen LogP contribution in [0, 0.1) is 11.3 Å². The second kappa shape index (κ2) is 8.43. The Morgan fingerprint density at radius 1 is 1.37 bits per heavy atom. The lowest BCUT2D eigenvalue weighted by Gasteiger charge is -2.16. The maximum atomic E-state index is 12.5. The fourth-order valence-corrected chi connectivity index (χ4v) is 2.80. The third kappa shape index (κ3) is 4.49. The summed E-state index contributed by atoms with van der Waals surface area (Å²) in [5.74, 6) is 0.752. The number of rotatable bonds is 5. The van der Waals surface area contributed by atoms with Gasteiger partial charge in [-0.2, -0.15) is 5.26 Å². The minimum Gasteiger partial charge on any atom is -0.492 e. The number of benzene rings is 2. The molecule has 0 bridgehead atoms. The van der Waals surface area contributed by atoms with Crippen molar-refractivity contribution in [3.8, 4) is 17.6 Å². The minimum atomic E-state index is -0.512. The van der Waals surface area contributed by atoms with Gasteiger partial charge in [-0.1, -0.05) is 23.7 Å². The molecule has 1 heterocycles. The number of nitrogens with one attached hydrogen (secondary N) is 1. The lowest BCUT2D eigenvalue weighted by Crippen LogP contribution is -2.15. The fraction of sp³-hybridized carbons (Fsp3) is 0.143. The smallest absolute Gasteiger partial charge is 0.266 e. The van der Waals surface area contributed by atoms with E-state index < -0.39 is 5.91 Å². The molecule has 0 unspecified atom stereocenters. The van der Waals surface area contributed by atoms with Crippen LogP contribution in [-0.2, 0) is 4.79 Å². The van der Waals surface area contributed by atoms with E-state index in [2.05, 4.69) is 5.32 Å². The fourth-order valence-electron chi connectivity index (χ4n) is 2.62. The molecule has 5 nitrogen and oxygen atoms in total. The Morgan fingerprint density at radius 2 is 2.19 bits per heavy atom. The molecule has 1 aliphatic heterocycles. The van der Waals surface area contributed by atoms with Crippen molar-refractivity contribution in [2.75, 3.05) is 18.5 Å². The molecule has 0 spiro atoms. The number of anilines is 1. The predicted molar refractivity (Wildman–Crippen MR) is 105 cm³/mol. The quantitative estimate of drug-likeness (QED) is 0.607. The number of fused-ring (bicyclic) bond motifs is 1. The summed E-state index contributed by atoms with van der Waals surface area (Å²) in [7, 11) is 0. The van der Waals surface area contributed by atoms with Crippen LogP contribution in [0.2, 0.25) is 5.02 Å². The first-order valence-corrected chi connectivity index (χ1v) is 8.76. The summed E-state index contributed by atoms with van der Waals surface area (Å²) in [5, 5.41) is 12.7. The second-order valence-corrected chi connectivity index (χ2v) is 6.18. The number of carbonyl (C=O) groups excluding carboxylic acids is 1. The molecule has 1 aliphatic rings. The zero-order chi connectivity index (χ0) is 19.2. The van der Waals surface area contributed by atoms with Gasteiger partial charge < -0.3 is 14.8 Å². The number of halogens is 1. The predicted octanol–water partition coefficient (Wildman–Crippen LogP) is 4.60. The van der Waals surface area contributed by atoms with Crippen LogP contribution in [0.25, 0.3) is 6.08 Å². The van der Waals surface area contributed by atoms with Gasteiger partial charge in [0.2, 0.25) is 0 Å². The van der Waals surface area contributed by atoms with Gasteiger partial charge in [-0.15, -0.1) is 0 Å². The molecule has 0 saturated heterocycles. The van der Waals surface area contributed by atoms with E-state index in [4.69, 9.17) is 21.1 Å². The molecule has 0 atom stereocenters. The number of amides is 1. The van der Waals surface area contributed by atoms with Crippen LogP contribution in [0.5, 0.6) is 11.5 Å². The van der Waals surface area contributed by atoms with Gasteiger partial charge in [0, 0.05) is 10.6 Å². The summed E-state index contributed by atoms with van der Waals surface area (Å²) < 4.78 is 11.1. The Hall–Kier alpha value is -3.23. The lowest BCUT2D eigenvalue weighted by molar-refractivity contribution is -0.112. The topological polar surface area (TPSA) is 71.3 Å². The van der Waals surface area contributed by atoms with Gasteiger partial charge in [0.1, 0.15) is 29.7 Å². The molecule has 136 valence electrons. The lowest BCUT2D eigenvalue weighted by atomic mass is 10.0. The molecular formula is C21H17ClN2O3. The first kappa shape index (κ1) is 18.6. The molecule has 1 amide bonds. The van der Waals surface area contributed by atoms with Crippen LogP contribution >= 0.6 is 11.6 Å². The van der Waals surface area contributed by atoms with E-state index in [1.165, 1.54) is 6.08 Å². The molecule has 3 rings (SSSR count). The highest BCUT2D eigenvalue weighted by Gasteiger charge is 2.15. The van der Waals surface area contributed by atoms with Crippen molar-refractivity contribution in [3.05, 3.63) is 70.3 Å². The summed E-state index contributed by atoms with van der Waals surface area (Å²) in [6.45, 7) is 2.60. The van der Waals surface area contributed by atoms with Crippen molar-refractivity contribution in [1.82, 2.24) is 0 Å². The first-order valence-electron chi connectivity index (χ1n) is 8.38. The maximum Gasteiger partial charge on any atom is 0.266 e. The number of para-hydroxylation sites is 2. The monoisotopic (exact) mass is 380 g/mol. The number of nitrogens with zero attached hydrogens (tertiary/aromatic N) is 1. The van der Waals surface area contributed by atoms with E-state index in [9.17, 15) is 10.1 Å². The molecule has 0 radical (unpaired) electrons. The zero-order valence-electron chi connectivity index (χ0n) is 14.7. The second-order valence-electron chi connectivity index (χ2n) is 5.74. The third-order valence-corrected chi connectivity index (χ3v) is 4.07. The van der Waals surface area contributed by atoms with E-state index in [1.807, 2.05) is 25.1 Å². The van der Waals surface area contributed by atoms with Gasteiger partial charge in [-0.25, -0.2) is 0 Å². The van der Waals surface area contributed by atoms with Gasteiger partial charge >= 0.3 is 0 Å². The zero-order valence-corrected chi connectivity index (χ0v) is 15.4. The number of nitriles is 1. The van der Waals surface area contributed by atoms with Gasteiger partial charge in [0.15, 0.2) is 0 Å². The Kier molecular flexibility index (Phi) is 5.80. The average molecular weight is 381 g/mol. The molecule has 0 saturated carbocycles. The van der Waals surface area contributed by atoms with Crippen molar-refractivity contribution < 1.29 is 14.3 Å². The van der Waals surface area contributed by atoms with Crippen molar-refractivity contribution in [1.29, 1.82) is 5.26 Å². The van der Waals surface area contributed by atoms with Gasteiger partial charge in [-0.05, 0) is 55.0 Å². The van der Waals surface area contributed by atoms with Gasteiger partial charge in [-0.3, -0.25) is 4.79 Å². The molecule has 2 aromatic carbocycles. The first-order chi connectivity index (χ1) is 13.1. The molecule has 0 aromatic heterocycles. The van der Waals surface area contributed by atoms with E-state index in [-0.39, 0.29) is 12.2 Å². The molecule has 27 heavy (non-hydrogen) atoms. The van der Waals surface area contributed by atoms with E-state index in [1.54, 1.807) is 36.4 Å². The van der Waals surface area contributed by atoms with E-state index in [0.29, 0.717) is 34.4 Å².